The zero-order chi connectivity index (χ0) is 11.5. The third kappa shape index (κ3) is 2.14. The molecule has 1 atom stereocenters. The van der Waals surface area contributed by atoms with Crippen LogP contribution in [0.5, 0.6) is 0 Å². The molecule has 0 radical (unpaired) electrons. The fourth-order valence-corrected chi connectivity index (χ4v) is 1.48. The maximum absolute atomic E-state index is 10.6. The van der Waals surface area contributed by atoms with E-state index in [9.17, 15) is 4.79 Å². The van der Waals surface area contributed by atoms with Crippen LogP contribution < -0.4 is 5.73 Å². The Hall–Kier alpha value is -2.01. The number of rotatable bonds is 3. The first-order chi connectivity index (χ1) is 7.66. The molecule has 1 aromatic heterocycles. The minimum atomic E-state index is -1.00. The van der Waals surface area contributed by atoms with Crippen LogP contribution in [0.3, 0.4) is 0 Å². The summed E-state index contributed by atoms with van der Waals surface area (Å²) in [5.74, 6) is -1.00. The number of hydrogen-bond donors (Lipinski definition) is 2. The van der Waals surface area contributed by atoms with Crippen molar-refractivity contribution < 1.29 is 9.90 Å². The molecule has 0 bridgehead atoms. The molecule has 0 aliphatic carbocycles. The first-order valence-electron chi connectivity index (χ1n) is 4.85. The van der Waals surface area contributed by atoms with E-state index in [4.69, 9.17) is 10.8 Å². The number of carbonyl (C=O) groups is 1. The molecular weight excluding hydrogens is 206 g/mol. The van der Waals surface area contributed by atoms with Crippen molar-refractivity contribution in [1.82, 2.24) is 9.97 Å². The molecule has 3 N–H and O–H groups in total. The molecule has 0 spiro atoms. The Morgan fingerprint density at radius 2 is 2.00 bits per heavy atom. The van der Waals surface area contributed by atoms with Gasteiger partial charge in [0.1, 0.15) is 6.04 Å². The number of nitrogens with two attached hydrogens (primary N) is 1. The maximum Gasteiger partial charge on any atom is 0.320 e. The summed E-state index contributed by atoms with van der Waals surface area (Å²) in [4.78, 5) is 18.9. The number of carboxylic acid groups (broad SMARTS) is 1. The van der Waals surface area contributed by atoms with Gasteiger partial charge in [0.2, 0.25) is 0 Å². The Morgan fingerprint density at radius 3 is 2.69 bits per heavy atom. The van der Waals surface area contributed by atoms with Gasteiger partial charge in [-0.1, -0.05) is 6.07 Å². The van der Waals surface area contributed by atoms with Gasteiger partial charge in [0, 0.05) is 12.4 Å². The van der Waals surface area contributed by atoms with Crippen LogP contribution in [0.4, 0.5) is 0 Å². The first-order valence-corrected chi connectivity index (χ1v) is 4.85. The third-order valence-electron chi connectivity index (χ3n) is 2.31. The van der Waals surface area contributed by atoms with Gasteiger partial charge in [-0.05, 0) is 24.1 Å². The van der Waals surface area contributed by atoms with Crippen molar-refractivity contribution in [3.05, 3.63) is 36.2 Å². The lowest BCUT2D eigenvalue weighted by molar-refractivity contribution is -0.138. The molecule has 1 heterocycles. The summed E-state index contributed by atoms with van der Waals surface area (Å²) in [6.07, 6.45) is 3.51. The number of nitrogens with zero attached hydrogens (tertiary/aromatic N) is 2. The molecule has 0 aliphatic heterocycles. The second kappa shape index (κ2) is 4.24. The van der Waals surface area contributed by atoms with Gasteiger partial charge in [0.05, 0.1) is 11.0 Å². The van der Waals surface area contributed by atoms with Gasteiger partial charge in [-0.25, -0.2) is 0 Å². The van der Waals surface area contributed by atoms with Crippen molar-refractivity contribution in [1.29, 1.82) is 0 Å². The van der Waals surface area contributed by atoms with Crippen LogP contribution in [0.2, 0.25) is 0 Å². The molecule has 5 heteroatoms. The van der Waals surface area contributed by atoms with Crippen LogP contribution >= 0.6 is 0 Å². The molecule has 0 fully saturated rings. The number of carboxylic acids is 1. The smallest absolute Gasteiger partial charge is 0.320 e. The van der Waals surface area contributed by atoms with Crippen molar-refractivity contribution >= 4 is 17.0 Å². The maximum atomic E-state index is 10.6. The average Bonchev–Trinajstić information content (AvgIpc) is 2.28. The van der Waals surface area contributed by atoms with E-state index in [2.05, 4.69) is 9.97 Å². The van der Waals surface area contributed by atoms with Gasteiger partial charge in [0.15, 0.2) is 0 Å². The average molecular weight is 217 g/mol. The fraction of sp³-hybridized carbons (Fsp3) is 0.182. The molecule has 82 valence electrons. The van der Waals surface area contributed by atoms with Crippen molar-refractivity contribution in [2.24, 2.45) is 5.73 Å². The Morgan fingerprint density at radius 1 is 1.31 bits per heavy atom. The second-order valence-corrected chi connectivity index (χ2v) is 3.53. The molecule has 0 saturated heterocycles. The SMILES string of the molecule is N[C@H](Cc1ccc2nccnc2c1)C(=O)O. The number of hydrogen-bond acceptors (Lipinski definition) is 4. The molecule has 0 saturated carbocycles. The molecule has 5 nitrogen and oxygen atoms in total. The van der Waals surface area contributed by atoms with Crippen LogP contribution in [0.25, 0.3) is 11.0 Å². The molecule has 1 aromatic carbocycles. The zero-order valence-electron chi connectivity index (χ0n) is 8.50. The molecule has 0 unspecified atom stereocenters. The van der Waals surface area contributed by atoms with E-state index in [1.807, 2.05) is 18.2 Å². The van der Waals surface area contributed by atoms with Crippen molar-refractivity contribution in [2.45, 2.75) is 12.5 Å². The zero-order valence-corrected chi connectivity index (χ0v) is 8.50. The van der Waals surface area contributed by atoms with Gasteiger partial charge < -0.3 is 10.8 Å². The highest BCUT2D eigenvalue weighted by molar-refractivity contribution is 5.76. The Kier molecular flexibility index (Phi) is 2.78. The van der Waals surface area contributed by atoms with Crippen LogP contribution in [0.15, 0.2) is 30.6 Å². The summed E-state index contributed by atoms with van der Waals surface area (Å²) in [5, 5.41) is 8.70. The number of fused-ring (bicyclic) bond motifs is 1. The highest BCUT2D eigenvalue weighted by Gasteiger charge is 2.12. The fourth-order valence-electron chi connectivity index (χ4n) is 1.48. The lowest BCUT2D eigenvalue weighted by Crippen LogP contribution is -2.32. The topological polar surface area (TPSA) is 89.1 Å². The summed E-state index contributed by atoms with van der Waals surface area (Å²) in [7, 11) is 0. The lowest BCUT2D eigenvalue weighted by atomic mass is 10.1. The molecule has 16 heavy (non-hydrogen) atoms. The van der Waals surface area contributed by atoms with Gasteiger partial charge in [-0.3, -0.25) is 14.8 Å². The summed E-state index contributed by atoms with van der Waals surface area (Å²) < 4.78 is 0. The highest BCUT2D eigenvalue weighted by atomic mass is 16.4. The largest absolute Gasteiger partial charge is 0.480 e. The summed E-state index contributed by atoms with van der Waals surface area (Å²) in [6, 6.07) is 4.56. The second-order valence-electron chi connectivity index (χ2n) is 3.53. The summed E-state index contributed by atoms with van der Waals surface area (Å²) in [5.41, 5.74) is 7.84. The predicted octanol–water partition coefficient (Wildman–Crippen LogP) is 0.584. The minimum Gasteiger partial charge on any atom is -0.480 e. The van der Waals surface area contributed by atoms with E-state index >= 15 is 0 Å². The monoisotopic (exact) mass is 217 g/mol. The molecule has 0 aliphatic rings. The number of aliphatic carboxylic acids is 1. The van der Waals surface area contributed by atoms with E-state index in [0.29, 0.717) is 6.42 Å². The van der Waals surface area contributed by atoms with E-state index in [1.165, 1.54) is 0 Å². The molecule has 0 amide bonds. The Labute approximate surface area is 91.9 Å². The van der Waals surface area contributed by atoms with E-state index in [-0.39, 0.29) is 0 Å². The quantitative estimate of drug-likeness (QED) is 0.785. The van der Waals surface area contributed by atoms with E-state index < -0.39 is 12.0 Å². The highest BCUT2D eigenvalue weighted by Crippen LogP contribution is 2.12. The van der Waals surface area contributed by atoms with E-state index in [1.54, 1.807) is 12.4 Å². The van der Waals surface area contributed by atoms with Crippen LogP contribution in [0, 0.1) is 0 Å². The van der Waals surface area contributed by atoms with Crippen LogP contribution in [-0.2, 0) is 11.2 Å². The Bertz CT molecular complexity index is 527. The summed E-state index contributed by atoms with van der Waals surface area (Å²) in [6.45, 7) is 0. The molecule has 2 aromatic rings. The summed E-state index contributed by atoms with van der Waals surface area (Å²) >= 11 is 0. The molecule has 2 rings (SSSR count). The number of aromatic nitrogens is 2. The van der Waals surface area contributed by atoms with Crippen molar-refractivity contribution in [3.8, 4) is 0 Å². The molecular formula is C11H11N3O2. The third-order valence-corrected chi connectivity index (χ3v) is 2.31. The number of benzene rings is 1. The van der Waals surface area contributed by atoms with Gasteiger partial charge in [-0.2, -0.15) is 0 Å². The van der Waals surface area contributed by atoms with Crippen LogP contribution in [0.1, 0.15) is 5.56 Å². The lowest BCUT2D eigenvalue weighted by Gasteiger charge is -2.06. The van der Waals surface area contributed by atoms with Gasteiger partial charge >= 0.3 is 5.97 Å². The standard InChI is InChI=1S/C11H11N3O2/c12-8(11(15)16)5-7-1-2-9-10(6-7)14-4-3-13-9/h1-4,6,8H,5,12H2,(H,15,16)/t8-/m1/s1. The predicted molar refractivity (Wildman–Crippen MR) is 58.9 cm³/mol. The van der Waals surface area contributed by atoms with E-state index in [0.717, 1.165) is 16.6 Å². The van der Waals surface area contributed by atoms with Crippen molar-refractivity contribution in [2.75, 3.05) is 0 Å². The first kappa shape index (κ1) is 10.5. The Balaban J connectivity index is 2.29. The van der Waals surface area contributed by atoms with Crippen molar-refractivity contribution in [3.63, 3.8) is 0 Å². The van der Waals surface area contributed by atoms with Crippen LogP contribution in [-0.4, -0.2) is 27.1 Å². The van der Waals surface area contributed by atoms with Gasteiger partial charge in [0.25, 0.3) is 0 Å². The van der Waals surface area contributed by atoms with Gasteiger partial charge in [-0.15, -0.1) is 0 Å². The normalized spacial score (nSPS) is 12.6. The minimum absolute atomic E-state index is 0.293.